The molecule has 11 heteroatoms. The second kappa shape index (κ2) is 23.7. The summed E-state index contributed by atoms with van der Waals surface area (Å²) in [5.74, 6) is 1.61. The van der Waals surface area contributed by atoms with Crippen LogP contribution in [0.15, 0.2) is 78.9 Å². The third kappa shape index (κ3) is 13.1. The average molecular weight is 773 g/mol. The molecule has 0 aromatic heterocycles. The summed E-state index contributed by atoms with van der Waals surface area (Å²) >= 11 is 0. The minimum atomic E-state index is -1.02. The van der Waals surface area contributed by atoms with Crippen molar-refractivity contribution in [3.05, 3.63) is 95.6 Å². The fourth-order valence-corrected chi connectivity index (χ4v) is 7.48. The lowest BCUT2D eigenvalue weighted by molar-refractivity contribution is -0.134. The van der Waals surface area contributed by atoms with Crippen molar-refractivity contribution in [1.82, 2.24) is 10.2 Å². The number of methoxy groups -OCH3 is 2. The maximum Gasteiger partial charge on any atom is 0.236 e. The Bertz CT molecular complexity index is 1560. The van der Waals surface area contributed by atoms with E-state index in [2.05, 4.69) is 5.32 Å². The molecule has 306 valence electrons. The lowest BCUT2D eigenvalue weighted by Gasteiger charge is -2.38. The molecule has 1 saturated heterocycles. The van der Waals surface area contributed by atoms with Gasteiger partial charge in [-0.25, -0.2) is 0 Å². The number of carbonyl (C=O) groups excluding carboxylic acids is 3. The summed E-state index contributed by atoms with van der Waals surface area (Å²) < 4.78 is 18.0. The number of likely N-dealkylation sites (tertiary alicyclic amines) is 1. The lowest BCUT2D eigenvalue weighted by atomic mass is 9.80. The van der Waals surface area contributed by atoms with Crippen LogP contribution in [-0.4, -0.2) is 86.3 Å². The van der Waals surface area contributed by atoms with Gasteiger partial charge in [-0.1, -0.05) is 80.3 Å². The Balaban J connectivity index is 1.24. The van der Waals surface area contributed by atoms with Gasteiger partial charge in [-0.3, -0.25) is 14.4 Å². The topological polar surface area (TPSA) is 166 Å². The number of ether oxygens (including phenoxy) is 3. The van der Waals surface area contributed by atoms with Crippen LogP contribution in [0.25, 0.3) is 0 Å². The van der Waals surface area contributed by atoms with Crippen LogP contribution in [0, 0.1) is 0 Å². The predicted molar refractivity (Wildman–Crippen MR) is 219 cm³/mol. The second-order valence-electron chi connectivity index (χ2n) is 14.9. The van der Waals surface area contributed by atoms with Crippen LogP contribution in [0.4, 0.5) is 0 Å². The number of aliphatic hydroxyl groups is 1. The van der Waals surface area contributed by atoms with Crippen molar-refractivity contribution < 1.29 is 33.7 Å². The van der Waals surface area contributed by atoms with E-state index >= 15 is 0 Å². The van der Waals surface area contributed by atoms with Crippen molar-refractivity contribution >= 4 is 17.6 Å². The van der Waals surface area contributed by atoms with Gasteiger partial charge in [0.05, 0.1) is 39.0 Å². The number of benzene rings is 3. The van der Waals surface area contributed by atoms with E-state index in [9.17, 15) is 19.5 Å². The summed E-state index contributed by atoms with van der Waals surface area (Å²) in [5, 5.41) is 13.6. The average Bonchev–Trinajstić information content (AvgIpc) is 3.61. The number of ketones is 1. The van der Waals surface area contributed by atoms with Gasteiger partial charge < -0.3 is 41.0 Å². The van der Waals surface area contributed by atoms with Gasteiger partial charge in [0.2, 0.25) is 11.8 Å². The minimum Gasteiger partial charge on any atom is -0.497 e. The second-order valence-corrected chi connectivity index (χ2v) is 14.9. The van der Waals surface area contributed by atoms with Gasteiger partial charge in [-0.15, -0.1) is 0 Å². The highest BCUT2D eigenvalue weighted by Crippen LogP contribution is 2.42. The molecule has 1 heterocycles. The van der Waals surface area contributed by atoms with E-state index in [1.54, 1.807) is 19.1 Å². The van der Waals surface area contributed by atoms with Gasteiger partial charge in [0.25, 0.3) is 0 Å². The monoisotopic (exact) mass is 772 g/mol. The molecule has 3 aromatic carbocycles. The van der Waals surface area contributed by atoms with E-state index in [4.69, 9.17) is 25.7 Å². The zero-order valence-electron chi connectivity index (χ0n) is 33.5. The largest absolute Gasteiger partial charge is 0.497 e. The lowest BCUT2D eigenvalue weighted by Crippen LogP contribution is -2.42. The molecule has 3 atom stereocenters. The number of unbranched alkanes of at least 4 members (excludes halogenated alkanes) is 6. The molecule has 0 bridgehead atoms. The molecule has 1 fully saturated rings. The summed E-state index contributed by atoms with van der Waals surface area (Å²) in [6, 6.07) is 24.9. The maximum absolute atomic E-state index is 13.6. The highest BCUT2D eigenvalue weighted by atomic mass is 16.5. The van der Waals surface area contributed by atoms with Crippen LogP contribution < -0.4 is 26.3 Å². The zero-order valence-corrected chi connectivity index (χ0v) is 33.5. The molecular weight excluding hydrogens is 709 g/mol. The van der Waals surface area contributed by atoms with Gasteiger partial charge >= 0.3 is 0 Å². The molecule has 56 heavy (non-hydrogen) atoms. The Morgan fingerprint density at radius 2 is 1.32 bits per heavy atom. The van der Waals surface area contributed by atoms with Crippen molar-refractivity contribution in [3.8, 4) is 11.5 Å². The van der Waals surface area contributed by atoms with E-state index in [0.717, 1.165) is 86.0 Å². The molecule has 1 aliphatic rings. The summed E-state index contributed by atoms with van der Waals surface area (Å²) in [6.45, 7) is 1.67. The highest BCUT2D eigenvalue weighted by Gasteiger charge is 2.41. The Morgan fingerprint density at radius 3 is 1.89 bits per heavy atom. The van der Waals surface area contributed by atoms with E-state index in [1.165, 1.54) is 0 Å². The SMILES string of the molecule is COc1ccc(C(OC[C@@H]2CC(O)CN2C(=O)CCCCCCC(=O)CCCCCNC(=O)[C@@H](N)CCCCN)(c2ccccc2)c2ccc(OC)cc2)cc1. The highest BCUT2D eigenvalue weighted by molar-refractivity contribution is 5.81. The molecule has 0 radical (unpaired) electrons. The molecule has 0 saturated carbocycles. The number of aliphatic hydroxyl groups excluding tert-OH is 1. The maximum atomic E-state index is 13.6. The molecule has 4 rings (SSSR count). The molecule has 1 unspecified atom stereocenters. The molecule has 3 aromatic rings. The van der Waals surface area contributed by atoms with Gasteiger partial charge in [0.1, 0.15) is 22.9 Å². The van der Waals surface area contributed by atoms with Crippen LogP contribution in [-0.2, 0) is 24.7 Å². The van der Waals surface area contributed by atoms with E-state index in [-0.39, 0.29) is 36.8 Å². The number of amides is 2. The fourth-order valence-electron chi connectivity index (χ4n) is 7.48. The van der Waals surface area contributed by atoms with Gasteiger partial charge in [-0.2, -0.15) is 0 Å². The number of β-amino-alcohol motifs (C(OH)–C–C–N with tert-alkyl or cyclic N) is 1. The van der Waals surface area contributed by atoms with E-state index < -0.39 is 17.7 Å². The first kappa shape index (κ1) is 44.4. The van der Waals surface area contributed by atoms with Crippen molar-refractivity contribution in [1.29, 1.82) is 0 Å². The molecule has 0 spiro atoms. The Labute approximate surface area is 333 Å². The standard InChI is InChI=1S/C45H64N4O7/c1-54-40-25-21-35(22-26-40)45(34-15-7-5-8-16-34,36-23-27-41(55-2)28-24-36)56-33-37-31-39(51)32-49(37)43(52)20-11-4-3-9-17-38(50)18-10-6-14-30-48-44(53)42(47)19-12-13-29-46/h5,7-8,15-16,21-28,37,39,42,51H,3-4,6,9-14,17-20,29-33,46-47H2,1-2H3,(H,48,53)/t37-,39?,42-/m0/s1. The predicted octanol–water partition coefficient (Wildman–Crippen LogP) is 6.02. The summed E-state index contributed by atoms with van der Waals surface area (Å²) in [5.41, 5.74) is 13.1. The molecular formula is C45H64N4O7. The van der Waals surface area contributed by atoms with Crippen molar-refractivity contribution in [2.75, 3.05) is 40.5 Å². The third-order valence-electron chi connectivity index (χ3n) is 10.7. The molecule has 2 amide bonds. The summed E-state index contributed by atoms with van der Waals surface area (Å²) in [4.78, 5) is 39.9. The Hall–Kier alpha value is -4.29. The molecule has 6 N–H and O–H groups in total. The van der Waals surface area contributed by atoms with Crippen LogP contribution in [0.2, 0.25) is 0 Å². The molecule has 11 nitrogen and oxygen atoms in total. The van der Waals surface area contributed by atoms with Gasteiger partial charge in [0, 0.05) is 32.4 Å². The first-order valence-electron chi connectivity index (χ1n) is 20.4. The smallest absolute Gasteiger partial charge is 0.236 e. The number of Topliss-reactive ketones (excluding diaryl/α,β-unsaturated/α-hetero) is 1. The van der Waals surface area contributed by atoms with Gasteiger partial charge in [-0.05, 0) is 92.4 Å². The minimum absolute atomic E-state index is 0.00945. The number of carbonyl (C=O) groups is 3. The van der Waals surface area contributed by atoms with Crippen molar-refractivity contribution in [2.45, 2.75) is 114 Å². The molecule has 1 aliphatic heterocycles. The quantitative estimate of drug-likeness (QED) is 0.0564. The Morgan fingerprint density at radius 1 is 0.768 bits per heavy atom. The van der Waals surface area contributed by atoms with Crippen LogP contribution >= 0.6 is 0 Å². The number of nitrogens with two attached hydrogens (primary N) is 2. The normalized spacial score (nSPS) is 16.1. The number of rotatable bonds is 26. The van der Waals surface area contributed by atoms with Crippen molar-refractivity contribution in [2.24, 2.45) is 11.5 Å². The zero-order chi connectivity index (χ0) is 40.2. The van der Waals surface area contributed by atoms with Crippen LogP contribution in [0.1, 0.15) is 107 Å². The Kier molecular flexibility index (Phi) is 18.8. The van der Waals surface area contributed by atoms with E-state index in [0.29, 0.717) is 45.2 Å². The van der Waals surface area contributed by atoms with Crippen LogP contribution in [0.5, 0.6) is 11.5 Å². The first-order chi connectivity index (χ1) is 27.2. The van der Waals surface area contributed by atoms with E-state index in [1.807, 2.05) is 78.9 Å². The number of nitrogens with one attached hydrogen (secondary N) is 1. The first-order valence-corrected chi connectivity index (χ1v) is 20.4. The van der Waals surface area contributed by atoms with Crippen LogP contribution in [0.3, 0.4) is 0 Å². The summed E-state index contributed by atoms with van der Waals surface area (Å²) in [7, 11) is 3.28. The summed E-state index contributed by atoms with van der Waals surface area (Å²) in [6.07, 6.45) is 9.43. The fraction of sp³-hybridized carbons (Fsp3) is 0.533. The number of hydrogen-bond acceptors (Lipinski definition) is 9. The molecule has 0 aliphatic carbocycles. The number of hydrogen-bond donors (Lipinski definition) is 4. The number of nitrogens with zero attached hydrogens (tertiary/aromatic N) is 1. The third-order valence-corrected chi connectivity index (χ3v) is 10.7. The van der Waals surface area contributed by atoms with Crippen molar-refractivity contribution in [3.63, 3.8) is 0 Å². The van der Waals surface area contributed by atoms with Gasteiger partial charge in [0.15, 0.2) is 0 Å².